The molecule has 2 aliphatic rings. The van der Waals surface area contributed by atoms with Gasteiger partial charge in [-0.05, 0) is 6.42 Å². The second kappa shape index (κ2) is 3.03. The molecule has 2 N–H and O–H groups in total. The zero-order valence-corrected chi connectivity index (χ0v) is 7.03. The van der Waals surface area contributed by atoms with Crippen molar-refractivity contribution in [2.24, 2.45) is 5.73 Å². The van der Waals surface area contributed by atoms with Gasteiger partial charge < -0.3 is 15.4 Å². The Morgan fingerprint density at radius 3 is 3.00 bits per heavy atom. The van der Waals surface area contributed by atoms with Gasteiger partial charge in [-0.3, -0.25) is 4.79 Å². The van der Waals surface area contributed by atoms with E-state index in [4.69, 9.17) is 10.5 Å². The number of carbonyl (C=O) groups excluding carboxylic acids is 1. The monoisotopic (exact) mass is 170 g/mol. The Labute approximate surface area is 71.7 Å². The van der Waals surface area contributed by atoms with Crippen LogP contribution in [0.2, 0.25) is 0 Å². The molecule has 2 atom stereocenters. The van der Waals surface area contributed by atoms with Gasteiger partial charge in [0.1, 0.15) is 0 Å². The van der Waals surface area contributed by atoms with Crippen LogP contribution in [0.15, 0.2) is 0 Å². The molecule has 0 saturated carbocycles. The molecule has 4 nitrogen and oxygen atoms in total. The Kier molecular flexibility index (Phi) is 2.02. The summed E-state index contributed by atoms with van der Waals surface area (Å²) in [5, 5.41) is 0. The normalized spacial score (nSPS) is 32.9. The highest BCUT2D eigenvalue weighted by Gasteiger charge is 2.40. The summed E-state index contributed by atoms with van der Waals surface area (Å²) in [7, 11) is 0. The molecule has 0 aromatic heterocycles. The molecule has 2 aliphatic heterocycles. The molecule has 0 spiro atoms. The lowest BCUT2D eigenvalue weighted by atomic mass is 10.2. The van der Waals surface area contributed by atoms with Gasteiger partial charge in [0.25, 0.3) is 0 Å². The topological polar surface area (TPSA) is 55.6 Å². The lowest BCUT2D eigenvalue weighted by Gasteiger charge is -2.26. The number of amides is 1. The van der Waals surface area contributed by atoms with Gasteiger partial charge in [-0.15, -0.1) is 0 Å². The molecule has 0 aromatic rings. The zero-order valence-electron chi connectivity index (χ0n) is 7.03. The number of nitrogens with zero attached hydrogens (tertiary/aromatic N) is 1. The summed E-state index contributed by atoms with van der Waals surface area (Å²) < 4.78 is 5.39. The lowest BCUT2D eigenvalue weighted by Crippen LogP contribution is -2.42. The lowest BCUT2D eigenvalue weighted by molar-refractivity contribution is -0.135. The van der Waals surface area contributed by atoms with Gasteiger partial charge >= 0.3 is 0 Å². The SMILES string of the molecule is NCCC(=O)N1CC2CC1CO2. The first-order valence-corrected chi connectivity index (χ1v) is 4.42. The van der Waals surface area contributed by atoms with Crippen molar-refractivity contribution in [3.63, 3.8) is 0 Å². The molecule has 2 unspecified atom stereocenters. The fourth-order valence-corrected chi connectivity index (χ4v) is 1.97. The van der Waals surface area contributed by atoms with E-state index in [-0.39, 0.29) is 5.91 Å². The van der Waals surface area contributed by atoms with Crippen LogP contribution in [-0.4, -0.2) is 42.6 Å². The highest BCUT2D eigenvalue weighted by Crippen LogP contribution is 2.27. The third-order valence-electron chi connectivity index (χ3n) is 2.58. The molecule has 0 aromatic carbocycles. The third-order valence-corrected chi connectivity index (χ3v) is 2.58. The fourth-order valence-electron chi connectivity index (χ4n) is 1.97. The maximum Gasteiger partial charge on any atom is 0.224 e. The molecule has 2 bridgehead atoms. The van der Waals surface area contributed by atoms with Crippen LogP contribution in [0.5, 0.6) is 0 Å². The maximum absolute atomic E-state index is 11.4. The van der Waals surface area contributed by atoms with Crippen molar-refractivity contribution in [3.05, 3.63) is 0 Å². The first-order valence-electron chi connectivity index (χ1n) is 4.42. The summed E-state index contributed by atoms with van der Waals surface area (Å²) in [4.78, 5) is 13.3. The van der Waals surface area contributed by atoms with Crippen molar-refractivity contribution in [3.8, 4) is 0 Å². The molecule has 1 amide bonds. The van der Waals surface area contributed by atoms with Gasteiger partial charge in [-0.25, -0.2) is 0 Å². The van der Waals surface area contributed by atoms with E-state index in [1.54, 1.807) is 0 Å². The van der Waals surface area contributed by atoms with E-state index in [9.17, 15) is 4.79 Å². The highest BCUT2D eigenvalue weighted by atomic mass is 16.5. The smallest absolute Gasteiger partial charge is 0.224 e. The molecule has 2 rings (SSSR count). The highest BCUT2D eigenvalue weighted by molar-refractivity contribution is 5.77. The average Bonchev–Trinajstić information content (AvgIpc) is 2.64. The Morgan fingerprint density at radius 1 is 1.67 bits per heavy atom. The molecular weight excluding hydrogens is 156 g/mol. The van der Waals surface area contributed by atoms with Gasteiger partial charge in [-0.1, -0.05) is 0 Å². The van der Waals surface area contributed by atoms with Crippen LogP contribution in [0, 0.1) is 0 Å². The molecule has 2 heterocycles. The molecular formula is C8H14N2O2. The van der Waals surface area contributed by atoms with E-state index in [1.165, 1.54) is 0 Å². The summed E-state index contributed by atoms with van der Waals surface area (Å²) in [5.74, 6) is 0.188. The van der Waals surface area contributed by atoms with Gasteiger partial charge in [0.2, 0.25) is 5.91 Å². The first kappa shape index (κ1) is 8.01. The van der Waals surface area contributed by atoms with E-state index in [2.05, 4.69) is 0 Å². The van der Waals surface area contributed by atoms with E-state index in [0.717, 1.165) is 19.6 Å². The van der Waals surface area contributed by atoms with E-state index >= 15 is 0 Å². The Balaban J connectivity index is 1.93. The predicted molar refractivity (Wildman–Crippen MR) is 43.5 cm³/mol. The minimum absolute atomic E-state index is 0.188. The van der Waals surface area contributed by atoms with Gasteiger partial charge in [-0.2, -0.15) is 0 Å². The van der Waals surface area contributed by atoms with Crippen molar-refractivity contribution in [2.75, 3.05) is 19.7 Å². The molecule has 0 radical (unpaired) electrons. The average molecular weight is 170 g/mol. The summed E-state index contributed by atoms with van der Waals surface area (Å²) in [6.45, 7) is 1.96. The number of morpholine rings is 1. The molecule has 12 heavy (non-hydrogen) atoms. The third kappa shape index (κ3) is 1.21. The first-order chi connectivity index (χ1) is 5.81. The second-order valence-corrected chi connectivity index (χ2v) is 3.43. The van der Waals surface area contributed by atoms with Crippen LogP contribution >= 0.6 is 0 Å². The minimum Gasteiger partial charge on any atom is -0.374 e. The second-order valence-electron chi connectivity index (χ2n) is 3.43. The Bertz CT molecular complexity index is 195. The van der Waals surface area contributed by atoms with Crippen LogP contribution in [0.25, 0.3) is 0 Å². The van der Waals surface area contributed by atoms with E-state index < -0.39 is 0 Å². The van der Waals surface area contributed by atoms with Gasteiger partial charge in [0, 0.05) is 19.5 Å². The number of rotatable bonds is 2. The fraction of sp³-hybridized carbons (Fsp3) is 0.875. The van der Waals surface area contributed by atoms with Crippen molar-refractivity contribution < 1.29 is 9.53 Å². The van der Waals surface area contributed by atoms with Crippen LogP contribution in [0.1, 0.15) is 12.8 Å². The van der Waals surface area contributed by atoms with Gasteiger partial charge in [0.05, 0.1) is 18.8 Å². The standard InChI is InChI=1S/C8H14N2O2/c9-2-1-8(11)10-4-7-3-6(10)5-12-7/h6-7H,1-5,9H2. The van der Waals surface area contributed by atoms with Crippen LogP contribution in [0.3, 0.4) is 0 Å². The van der Waals surface area contributed by atoms with Crippen molar-refractivity contribution in [1.82, 2.24) is 4.90 Å². The number of hydrogen-bond donors (Lipinski definition) is 1. The molecule has 4 heteroatoms. The summed E-state index contributed by atoms with van der Waals surface area (Å²) in [6, 6.07) is 0.342. The van der Waals surface area contributed by atoms with Crippen LogP contribution in [-0.2, 0) is 9.53 Å². The quantitative estimate of drug-likeness (QED) is 0.598. The maximum atomic E-state index is 11.4. The number of likely N-dealkylation sites (tertiary alicyclic amines) is 1. The van der Waals surface area contributed by atoms with Crippen molar-refractivity contribution in [1.29, 1.82) is 0 Å². The number of nitrogens with two attached hydrogens (primary N) is 1. The Morgan fingerprint density at radius 2 is 2.50 bits per heavy atom. The van der Waals surface area contributed by atoms with Crippen molar-refractivity contribution in [2.45, 2.75) is 25.0 Å². The molecule has 2 saturated heterocycles. The predicted octanol–water partition coefficient (Wildman–Crippen LogP) is -0.665. The zero-order chi connectivity index (χ0) is 8.55. The van der Waals surface area contributed by atoms with E-state index in [1.807, 2.05) is 4.90 Å². The summed E-state index contributed by atoms with van der Waals surface area (Å²) >= 11 is 0. The molecule has 0 aliphatic carbocycles. The minimum atomic E-state index is 0.188. The van der Waals surface area contributed by atoms with E-state index in [0.29, 0.717) is 25.1 Å². The molecule has 68 valence electrons. The number of ether oxygens (including phenoxy) is 1. The van der Waals surface area contributed by atoms with Gasteiger partial charge in [0.15, 0.2) is 0 Å². The number of hydrogen-bond acceptors (Lipinski definition) is 3. The summed E-state index contributed by atoms with van der Waals surface area (Å²) in [5.41, 5.74) is 5.32. The van der Waals surface area contributed by atoms with Crippen molar-refractivity contribution >= 4 is 5.91 Å². The van der Waals surface area contributed by atoms with Crippen LogP contribution < -0.4 is 5.73 Å². The largest absolute Gasteiger partial charge is 0.374 e. The number of fused-ring (bicyclic) bond motifs is 2. The Hall–Kier alpha value is -0.610. The van der Waals surface area contributed by atoms with Crippen LogP contribution in [0.4, 0.5) is 0 Å². The number of carbonyl (C=O) groups is 1. The summed E-state index contributed by atoms with van der Waals surface area (Å²) in [6.07, 6.45) is 1.80. The molecule has 2 fully saturated rings.